The maximum absolute atomic E-state index is 13.2. The fourth-order valence-corrected chi connectivity index (χ4v) is 3.70. The van der Waals surface area contributed by atoms with E-state index < -0.39 is 23.8 Å². The van der Waals surface area contributed by atoms with Crippen molar-refractivity contribution in [2.45, 2.75) is 13.5 Å². The molecule has 0 atom stereocenters. The number of nitrogens with one attached hydrogen (secondary N) is 1. The van der Waals surface area contributed by atoms with Crippen molar-refractivity contribution < 1.29 is 28.7 Å². The van der Waals surface area contributed by atoms with Gasteiger partial charge in [0.25, 0.3) is 11.8 Å². The van der Waals surface area contributed by atoms with Gasteiger partial charge in [-0.15, -0.1) is 0 Å². The van der Waals surface area contributed by atoms with E-state index in [-0.39, 0.29) is 23.4 Å². The largest absolute Gasteiger partial charge is 0.488 e. The topological polar surface area (TPSA) is 102 Å². The third-order valence-corrected chi connectivity index (χ3v) is 5.67. The molecule has 3 aromatic carbocycles. The zero-order valence-electron chi connectivity index (χ0n) is 19.4. The molecule has 1 saturated heterocycles. The van der Waals surface area contributed by atoms with Crippen molar-refractivity contribution in [3.05, 3.63) is 99.6 Å². The number of hydrogen-bond donors (Lipinski definition) is 1. The second kappa shape index (κ2) is 10.5. The van der Waals surface area contributed by atoms with Crippen LogP contribution in [-0.2, 0) is 20.9 Å². The van der Waals surface area contributed by atoms with Crippen molar-refractivity contribution in [2.75, 3.05) is 12.0 Å². The third-order valence-electron chi connectivity index (χ3n) is 5.43. The number of methoxy groups -OCH3 is 1. The first-order valence-corrected chi connectivity index (χ1v) is 11.2. The van der Waals surface area contributed by atoms with Gasteiger partial charge in [0.2, 0.25) is 0 Å². The van der Waals surface area contributed by atoms with E-state index in [1.54, 1.807) is 18.2 Å². The molecule has 1 heterocycles. The van der Waals surface area contributed by atoms with E-state index >= 15 is 0 Å². The fourth-order valence-electron chi connectivity index (χ4n) is 3.52. The lowest BCUT2D eigenvalue weighted by atomic mass is 10.1. The molecule has 1 aliphatic heterocycles. The number of ether oxygens (including phenoxy) is 2. The molecule has 3 aromatic rings. The highest BCUT2D eigenvalue weighted by molar-refractivity contribution is 6.39. The van der Waals surface area contributed by atoms with Gasteiger partial charge in [-0.1, -0.05) is 41.4 Å². The molecular formula is C27H21ClN2O6. The van der Waals surface area contributed by atoms with Crippen molar-refractivity contribution >= 4 is 47.2 Å². The molecule has 182 valence electrons. The molecule has 1 N–H and O–H groups in total. The van der Waals surface area contributed by atoms with E-state index in [0.717, 1.165) is 16.0 Å². The fraction of sp³-hybridized carbons (Fsp3) is 0.111. The standard InChI is InChI=1S/C27H21ClN2O6/c1-16-3-5-17(6-4-16)15-36-23-12-9-20(28)13-19(23)14-22-24(31)29-27(34)30(25(22)32)21-10-7-18(8-11-21)26(33)35-2/h3-14H,15H2,1-2H3,(H,29,31,34)/b22-14+. The molecular weight excluding hydrogens is 484 g/mol. The van der Waals surface area contributed by atoms with Crippen LogP contribution in [0, 0.1) is 6.92 Å². The number of halogens is 1. The number of aryl methyl sites for hydroxylation is 1. The molecule has 0 saturated carbocycles. The van der Waals surface area contributed by atoms with Gasteiger partial charge < -0.3 is 9.47 Å². The molecule has 8 nitrogen and oxygen atoms in total. The molecule has 1 fully saturated rings. The highest BCUT2D eigenvalue weighted by atomic mass is 35.5. The summed E-state index contributed by atoms with van der Waals surface area (Å²) in [4.78, 5) is 50.8. The van der Waals surface area contributed by atoms with Gasteiger partial charge >= 0.3 is 12.0 Å². The van der Waals surface area contributed by atoms with Gasteiger partial charge in [0.05, 0.1) is 18.4 Å². The summed E-state index contributed by atoms with van der Waals surface area (Å²) in [7, 11) is 1.25. The average molecular weight is 505 g/mol. The first kappa shape index (κ1) is 24.7. The van der Waals surface area contributed by atoms with Crippen LogP contribution >= 0.6 is 11.6 Å². The molecule has 0 aliphatic carbocycles. The van der Waals surface area contributed by atoms with Crippen LogP contribution in [0.4, 0.5) is 10.5 Å². The molecule has 0 radical (unpaired) electrons. The Balaban J connectivity index is 1.64. The lowest BCUT2D eigenvalue weighted by Crippen LogP contribution is -2.54. The Morgan fingerprint density at radius 2 is 1.69 bits per heavy atom. The van der Waals surface area contributed by atoms with E-state index in [0.29, 0.717) is 16.3 Å². The van der Waals surface area contributed by atoms with E-state index in [2.05, 4.69) is 10.1 Å². The average Bonchev–Trinajstić information content (AvgIpc) is 2.87. The number of nitrogens with zero attached hydrogens (tertiary/aromatic N) is 1. The summed E-state index contributed by atoms with van der Waals surface area (Å²) >= 11 is 6.17. The number of imide groups is 2. The maximum atomic E-state index is 13.2. The minimum Gasteiger partial charge on any atom is -0.488 e. The molecule has 1 aliphatic rings. The summed E-state index contributed by atoms with van der Waals surface area (Å²) in [6.45, 7) is 2.25. The third kappa shape index (κ3) is 5.29. The van der Waals surface area contributed by atoms with Gasteiger partial charge in [0.1, 0.15) is 17.9 Å². The second-order valence-corrected chi connectivity index (χ2v) is 8.39. The van der Waals surface area contributed by atoms with Gasteiger partial charge in [-0.3, -0.25) is 14.9 Å². The van der Waals surface area contributed by atoms with Crippen LogP contribution in [0.3, 0.4) is 0 Å². The van der Waals surface area contributed by atoms with E-state index in [1.807, 2.05) is 31.2 Å². The van der Waals surface area contributed by atoms with Crippen LogP contribution < -0.4 is 15.0 Å². The van der Waals surface area contributed by atoms with Crippen LogP contribution in [0.2, 0.25) is 5.02 Å². The zero-order valence-corrected chi connectivity index (χ0v) is 20.2. The van der Waals surface area contributed by atoms with Gasteiger partial charge in [-0.2, -0.15) is 0 Å². The highest BCUT2D eigenvalue weighted by Crippen LogP contribution is 2.28. The van der Waals surface area contributed by atoms with Gasteiger partial charge in [-0.05, 0) is 61.0 Å². The quantitative estimate of drug-likeness (QED) is 0.297. The maximum Gasteiger partial charge on any atom is 0.337 e. The Bertz CT molecular complexity index is 1380. The van der Waals surface area contributed by atoms with E-state index in [1.165, 1.54) is 37.5 Å². The van der Waals surface area contributed by atoms with Crippen LogP contribution in [-0.4, -0.2) is 30.9 Å². The molecule has 0 aromatic heterocycles. The summed E-state index contributed by atoms with van der Waals surface area (Å²) < 4.78 is 10.6. The summed E-state index contributed by atoms with van der Waals surface area (Å²) in [5.74, 6) is -1.85. The van der Waals surface area contributed by atoms with Crippen molar-refractivity contribution in [1.82, 2.24) is 5.32 Å². The lowest BCUT2D eigenvalue weighted by Gasteiger charge is -2.26. The highest BCUT2D eigenvalue weighted by Gasteiger charge is 2.37. The predicted octanol–water partition coefficient (Wildman–Crippen LogP) is 4.68. The molecule has 36 heavy (non-hydrogen) atoms. The van der Waals surface area contributed by atoms with Crippen molar-refractivity contribution in [2.24, 2.45) is 0 Å². The minimum atomic E-state index is -0.907. The number of carbonyl (C=O) groups is 4. The van der Waals surface area contributed by atoms with Gasteiger partial charge in [-0.25, -0.2) is 14.5 Å². The molecule has 4 amide bonds. The number of urea groups is 1. The number of anilines is 1. The summed E-state index contributed by atoms with van der Waals surface area (Å²) in [5, 5.41) is 2.54. The number of benzene rings is 3. The number of esters is 1. The molecule has 0 unspecified atom stereocenters. The Labute approximate surface area is 212 Å². The number of rotatable bonds is 6. The number of hydrogen-bond acceptors (Lipinski definition) is 6. The van der Waals surface area contributed by atoms with Crippen LogP contribution in [0.1, 0.15) is 27.0 Å². The Hall–Kier alpha value is -4.43. The molecule has 4 rings (SSSR count). The van der Waals surface area contributed by atoms with Crippen LogP contribution in [0.25, 0.3) is 6.08 Å². The molecule has 0 bridgehead atoms. The first-order valence-electron chi connectivity index (χ1n) is 10.8. The molecule has 0 spiro atoms. The smallest absolute Gasteiger partial charge is 0.337 e. The zero-order chi connectivity index (χ0) is 25.8. The number of carbonyl (C=O) groups excluding carboxylic acids is 4. The number of amides is 4. The van der Waals surface area contributed by atoms with Crippen molar-refractivity contribution in [1.29, 1.82) is 0 Å². The van der Waals surface area contributed by atoms with Crippen LogP contribution in [0.15, 0.2) is 72.3 Å². The lowest BCUT2D eigenvalue weighted by molar-refractivity contribution is -0.122. The molecule has 9 heteroatoms. The second-order valence-electron chi connectivity index (χ2n) is 7.95. The Morgan fingerprint density at radius 1 is 1.00 bits per heavy atom. The van der Waals surface area contributed by atoms with Crippen LogP contribution in [0.5, 0.6) is 5.75 Å². The Morgan fingerprint density at radius 3 is 2.36 bits per heavy atom. The SMILES string of the molecule is COC(=O)c1ccc(N2C(=O)NC(=O)/C(=C\c3cc(Cl)ccc3OCc3ccc(C)cc3)C2=O)cc1. The van der Waals surface area contributed by atoms with E-state index in [4.69, 9.17) is 16.3 Å². The minimum absolute atomic E-state index is 0.172. The predicted molar refractivity (Wildman–Crippen MR) is 134 cm³/mol. The van der Waals surface area contributed by atoms with Crippen molar-refractivity contribution in [3.63, 3.8) is 0 Å². The summed E-state index contributed by atoms with van der Waals surface area (Å²) in [6, 6.07) is 17.4. The van der Waals surface area contributed by atoms with E-state index in [9.17, 15) is 19.2 Å². The normalized spacial score (nSPS) is 14.6. The van der Waals surface area contributed by atoms with Gasteiger partial charge in [0.15, 0.2) is 0 Å². The summed E-state index contributed by atoms with van der Waals surface area (Å²) in [6.07, 6.45) is 1.33. The first-order chi connectivity index (χ1) is 17.3. The number of barbiturate groups is 1. The van der Waals surface area contributed by atoms with Crippen molar-refractivity contribution in [3.8, 4) is 5.75 Å². The van der Waals surface area contributed by atoms with Gasteiger partial charge in [0, 0.05) is 10.6 Å². The monoisotopic (exact) mass is 504 g/mol. The summed E-state index contributed by atoms with van der Waals surface area (Å²) in [5.41, 5.74) is 2.58. The Kier molecular flexibility index (Phi) is 7.17.